The number of nitrogens with two attached hydrogens (primary N) is 1. The first-order valence-corrected chi connectivity index (χ1v) is 8.93. The predicted molar refractivity (Wildman–Crippen MR) is 100 cm³/mol. The first-order valence-electron chi connectivity index (χ1n) is 7.54. The maximum atomic E-state index is 12.0. The fraction of sp³-hybridized carbons (Fsp3) is 0.353. The molecule has 0 spiro atoms. The van der Waals surface area contributed by atoms with Crippen LogP contribution in [0.1, 0.15) is 18.9 Å². The first kappa shape index (κ1) is 20.7. The highest BCUT2D eigenvalue weighted by Gasteiger charge is 2.13. The molecule has 7 nitrogen and oxygen atoms in total. The van der Waals surface area contributed by atoms with Gasteiger partial charge in [0.2, 0.25) is 5.91 Å². The second kappa shape index (κ2) is 9.85. The lowest BCUT2D eigenvalue weighted by molar-refractivity contribution is -0.134. The fourth-order valence-corrected chi connectivity index (χ4v) is 2.50. The van der Waals surface area contributed by atoms with Crippen molar-refractivity contribution in [2.75, 3.05) is 17.3 Å². The van der Waals surface area contributed by atoms with Gasteiger partial charge in [-0.3, -0.25) is 9.59 Å². The van der Waals surface area contributed by atoms with Crippen LogP contribution >= 0.6 is 11.8 Å². The predicted octanol–water partition coefficient (Wildman–Crippen LogP) is 2.21. The quantitative estimate of drug-likeness (QED) is 0.693. The number of hydrogen-bond acceptors (Lipinski definition) is 6. The van der Waals surface area contributed by atoms with Crippen molar-refractivity contribution in [1.29, 1.82) is 0 Å². The summed E-state index contributed by atoms with van der Waals surface area (Å²) in [6, 6.07) is 6.13. The van der Waals surface area contributed by atoms with Gasteiger partial charge in [-0.15, -0.1) is 0 Å². The molecule has 0 unspecified atom stereocenters. The minimum atomic E-state index is -0.833. The number of thioether (sulfide) groups is 1. The van der Waals surface area contributed by atoms with E-state index in [2.05, 4.69) is 5.32 Å². The van der Waals surface area contributed by atoms with Crippen molar-refractivity contribution in [3.63, 3.8) is 0 Å². The largest absolute Gasteiger partial charge is 0.481 e. The zero-order valence-electron chi connectivity index (χ0n) is 14.4. The van der Waals surface area contributed by atoms with Crippen LogP contribution in [0, 0.1) is 6.92 Å². The average molecular weight is 366 g/mol. The van der Waals surface area contributed by atoms with E-state index in [1.807, 2.05) is 19.2 Å². The van der Waals surface area contributed by atoms with Gasteiger partial charge in [-0.2, -0.15) is 11.8 Å². The van der Waals surface area contributed by atoms with Gasteiger partial charge in [0.15, 0.2) is 0 Å². The second-order valence-corrected chi connectivity index (χ2v) is 6.34. The van der Waals surface area contributed by atoms with Crippen LogP contribution in [-0.2, 0) is 9.59 Å². The summed E-state index contributed by atoms with van der Waals surface area (Å²) in [6.45, 7) is 2.93. The molecule has 1 atom stereocenters. The number of carboxylic acids is 1. The summed E-state index contributed by atoms with van der Waals surface area (Å²) in [7, 11) is 0. The number of hydrogen-bond donors (Lipinski definition) is 3. The Hall–Kier alpha value is -2.32. The monoisotopic (exact) mass is 366 g/mol. The Morgan fingerprint density at radius 2 is 2.00 bits per heavy atom. The number of benzene rings is 1. The molecule has 1 amide bonds. The van der Waals surface area contributed by atoms with Crippen molar-refractivity contribution in [2.24, 2.45) is 5.73 Å². The topological polar surface area (TPSA) is 123 Å². The fourth-order valence-electron chi connectivity index (χ4n) is 2.01. The van der Waals surface area contributed by atoms with Crippen molar-refractivity contribution in [1.82, 2.24) is 0 Å². The highest BCUT2D eigenvalue weighted by Crippen LogP contribution is 2.20. The molecule has 0 aliphatic heterocycles. The Labute approximate surface area is 149 Å². The molecule has 1 aromatic heterocycles. The molecule has 0 fully saturated rings. The summed E-state index contributed by atoms with van der Waals surface area (Å²) in [5.74, 6) is -0.237. The van der Waals surface area contributed by atoms with Gasteiger partial charge in [0.25, 0.3) is 5.97 Å². The van der Waals surface area contributed by atoms with Crippen molar-refractivity contribution in [3.8, 4) is 0 Å². The Balaban J connectivity index is 0.000000705. The van der Waals surface area contributed by atoms with E-state index in [0.717, 1.165) is 23.6 Å². The molecule has 8 heteroatoms. The van der Waals surface area contributed by atoms with Crippen LogP contribution < -0.4 is 16.7 Å². The Morgan fingerprint density at radius 3 is 2.60 bits per heavy atom. The lowest BCUT2D eigenvalue weighted by Gasteiger charge is -2.12. The van der Waals surface area contributed by atoms with Gasteiger partial charge in [0.1, 0.15) is 5.58 Å². The lowest BCUT2D eigenvalue weighted by atomic mass is 10.1. The SMILES string of the molecule is CC(=O)O.CSCC[C@H](N)C(=O)Nc1ccc2c(C)cc(=O)oc2c1. The zero-order chi connectivity index (χ0) is 19.0. The van der Waals surface area contributed by atoms with Gasteiger partial charge in [-0.25, -0.2) is 4.79 Å². The van der Waals surface area contributed by atoms with E-state index in [4.69, 9.17) is 20.1 Å². The summed E-state index contributed by atoms with van der Waals surface area (Å²) in [5, 5.41) is 11.0. The molecule has 136 valence electrons. The Bertz CT molecular complexity index is 799. The van der Waals surface area contributed by atoms with E-state index in [0.29, 0.717) is 17.7 Å². The molecule has 25 heavy (non-hydrogen) atoms. The van der Waals surface area contributed by atoms with Crippen LogP contribution in [0.25, 0.3) is 11.0 Å². The maximum absolute atomic E-state index is 12.0. The van der Waals surface area contributed by atoms with Crippen molar-refractivity contribution in [2.45, 2.75) is 26.3 Å². The highest BCUT2D eigenvalue weighted by molar-refractivity contribution is 7.98. The van der Waals surface area contributed by atoms with Crippen LogP contribution in [0.2, 0.25) is 0 Å². The molecule has 0 saturated carbocycles. The Kier molecular flexibility index (Phi) is 8.17. The third kappa shape index (κ3) is 6.98. The Morgan fingerprint density at radius 1 is 1.36 bits per heavy atom. The normalized spacial score (nSPS) is 11.4. The number of aliphatic carboxylic acids is 1. The maximum Gasteiger partial charge on any atom is 0.336 e. The van der Waals surface area contributed by atoms with Crippen LogP contribution in [0.4, 0.5) is 5.69 Å². The minimum Gasteiger partial charge on any atom is -0.481 e. The molecule has 0 saturated heterocycles. The molecule has 0 bridgehead atoms. The third-order valence-electron chi connectivity index (χ3n) is 3.19. The number of aryl methyl sites for hydroxylation is 1. The lowest BCUT2D eigenvalue weighted by Crippen LogP contribution is -2.36. The van der Waals surface area contributed by atoms with Crippen LogP contribution in [0.5, 0.6) is 0 Å². The summed E-state index contributed by atoms with van der Waals surface area (Å²) < 4.78 is 5.15. The molecular weight excluding hydrogens is 344 g/mol. The first-order chi connectivity index (χ1) is 11.7. The smallest absolute Gasteiger partial charge is 0.336 e. The third-order valence-corrected chi connectivity index (χ3v) is 3.83. The molecule has 1 heterocycles. The van der Waals surface area contributed by atoms with E-state index in [9.17, 15) is 9.59 Å². The number of nitrogens with one attached hydrogen (secondary N) is 1. The van der Waals surface area contributed by atoms with E-state index in [-0.39, 0.29) is 5.91 Å². The number of rotatable bonds is 5. The van der Waals surface area contributed by atoms with Crippen molar-refractivity contribution < 1.29 is 19.1 Å². The molecule has 1 aromatic carbocycles. The average Bonchev–Trinajstić information content (AvgIpc) is 2.51. The molecule has 2 rings (SSSR count). The number of carboxylic acid groups (broad SMARTS) is 1. The summed E-state index contributed by atoms with van der Waals surface area (Å²) in [5.41, 5.74) is 7.28. The molecule has 2 aromatic rings. The zero-order valence-corrected chi connectivity index (χ0v) is 15.2. The number of amides is 1. The van der Waals surface area contributed by atoms with Gasteiger partial charge in [0, 0.05) is 30.1 Å². The van der Waals surface area contributed by atoms with Crippen LogP contribution in [0.3, 0.4) is 0 Å². The number of anilines is 1. The number of carbonyl (C=O) groups is 2. The van der Waals surface area contributed by atoms with Crippen molar-refractivity contribution in [3.05, 3.63) is 40.2 Å². The van der Waals surface area contributed by atoms with Gasteiger partial charge >= 0.3 is 5.63 Å². The standard InChI is InChI=1S/C15H18N2O3S.C2H4O2/c1-9-7-14(18)20-13-8-10(3-4-11(9)13)17-15(19)12(16)5-6-21-2;1-2(3)4/h3-4,7-8,12H,5-6,16H2,1-2H3,(H,17,19);1H3,(H,3,4)/t12-;/m0./s1. The van der Waals surface area contributed by atoms with E-state index in [1.165, 1.54) is 6.07 Å². The van der Waals surface area contributed by atoms with Crippen LogP contribution in [-0.4, -0.2) is 35.0 Å². The van der Waals surface area contributed by atoms with Gasteiger partial charge in [-0.05, 0) is 43.0 Å². The summed E-state index contributed by atoms with van der Waals surface area (Å²) in [4.78, 5) is 32.3. The van der Waals surface area contributed by atoms with E-state index < -0.39 is 17.6 Å². The van der Waals surface area contributed by atoms with Crippen molar-refractivity contribution >= 4 is 40.3 Å². The summed E-state index contributed by atoms with van der Waals surface area (Å²) in [6.07, 6.45) is 2.59. The van der Waals surface area contributed by atoms with Crippen LogP contribution in [0.15, 0.2) is 33.5 Å². The molecule has 0 aliphatic rings. The highest BCUT2D eigenvalue weighted by atomic mass is 32.2. The van der Waals surface area contributed by atoms with E-state index >= 15 is 0 Å². The number of carbonyl (C=O) groups excluding carboxylic acids is 1. The van der Waals surface area contributed by atoms with E-state index in [1.54, 1.807) is 23.9 Å². The minimum absolute atomic E-state index is 0.238. The van der Waals surface area contributed by atoms with Gasteiger partial charge in [0.05, 0.1) is 6.04 Å². The molecule has 4 N–H and O–H groups in total. The summed E-state index contributed by atoms with van der Waals surface area (Å²) >= 11 is 1.65. The number of fused-ring (bicyclic) bond motifs is 1. The molecule has 0 radical (unpaired) electrons. The second-order valence-electron chi connectivity index (χ2n) is 5.36. The van der Waals surface area contributed by atoms with Gasteiger partial charge < -0.3 is 20.6 Å². The molecular formula is C17H22N2O5S. The molecule has 0 aliphatic carbocycles. The van der Waals surface area contributed by atoms with Gasteiger partial charge in [-0.1, -0.05) is 0 Å².